The van der Waals surface area contributed by atoms with Gasteiger partial charge in [-0.2, -0.15) is 0 Å². The van der Waals surface area contributed by atoms with Gasteiger partial charge in [-0.3, -0.25) is 0 Å². The first kappa shape index (κ1) is 13.5. The van der Waals surface area contributed by atoms with Crippen molar-refractivity contribution < 1.29 is 14.9 Å². The smallest absolute Gasteiger partial charge is 0.0986 e. The normalized spacial score (nSPS) is 20.8. The van der Waals surface area contributed by atoms with Gasteiger partial charge in [0.2, 0.25) is 0 Å². The molecule has 0 aromatic rings. The Bertz CT molecular complexity index is 132. The Morgan fingerprint density at radius 2 is 1.31 bits per heavy atom. The van der Waals surface area contributed by atoms with E-state index in [2.05, 4.69) is 0 Å². The van der Waals surface area contributed by atoms with Crippen LogP contribution in [0.4, 0.5) is 0 Å². The molecule has 0 spiro atoms. The van der Waals surface area contributed by atoms with Gasteiger partial charge in [0, 0.05) is 0 Å². The molecule has 0 saturated heterocycles. The Hall–Kier alpha value is 0.460. The van der Waals surface area contributed by atoms with Crippen LogP contribution >= 0.6 is 23.2 Å². The lowest BCUT2D eigenvalue weighted by Gasteiger charge is -2.24. The predicted molar refractivity (Wildman–Crippen MR) is 53.5 cm³/mol. The van der Waals surface area contributed by atoms with Crippen LogP contribution in [-0.2, 0) is 4.74 Å². The van der Waals surface area contributed by atoms with Gasteiger partial charge in [-0.1, -0.05) is 0 Å². The molecule has 0 heterocycles. The molecule has 2 unspecified atom stereocenters. The second kappa shape index (κ2) is 5.37. The maximum atomic E-state index is 9.42. The van der Waals surface area contributed by atoms with E-state index >= 15 is 0 Å². The first-order valence-electron chi connectivity index (χ1n) is 3.97. The standard InChI is InChI=1S/C8H16Cl2O3/c1-7(11,3-9)5-13-6-8(2,12)4-10/h11-12H,3-6H2,1-2H3. The van der Waals surface area contributed by atoms with E-state index in [0.717, 1.165) is 0 Å². The van der Waals surface area contributed by atoms with Crippen LogP contribution in [0.25, 0.3) is 0 Å². The van der Waals surface area contributed by atoms with E-state index in [9.17, 15) is 10.2 Å². The first-order valence-corrected chi connectivity index (χ1v) is 5.04. The number of alkyl halides is 2. The van der Waals surface area contributed by atoms with E-state index in [1.807, 2.05) is 0 Å². The molecule has 0 saturated carbocycles. The van der Waals surface area contributed by atoms with Crippen molar-refractivity contribution in [3.05, 3.63) is 0 Å². The summed E-state index contributed by atoms with van der Waals surface area (Å²) >= 11 is 10.9. The predicted octanol–water partition coefficient (Wildman–Crippen LogP) is 0.983. The third-order valence-electron chi connectivity index (χ3n) is 1.40. The fraction of sp³-hybridized carbons (Fsp3) is 1.00. The molecule has 5 heteroatoms. The SMILES string of the molecule is CC(O)(CCl)COCC(C)(O)CCl. The van der Waals surface area contributed by atoms with Gasteiger partial charge in [-0.05, 0) is 13.8 Å². The fourth-order valence-corrected chi connectivity index (χ4v) is 0.722. The summed E-state index contributed by atoms with van der Waals surface area (Å²) in [5.74, 6) is 0.187. The lowest BCUT2D eigenvalue weighted by atomic mass is 10.1. The average Bonchev–Trinajstić information content (AvgIpc) is 2.04. The van der Waals surface area contributed by atoms with Crippen molar-refractivity contribution in [1.82, 2.24) is 0 Å². The molecule has 0 amide bonds. The summed E-state index contributed by atoms with van der Waals surface area (Å²) in [7, 11) is 0. The van der Waals surface area contributed by atoms with Crippen molar-refractivity contribution in [2.24, 2.45) is 0 Å². The highest BCUT2D eigenvalue weighted by Gasteiger charge is 2.23. The summed E-state index contributed by atoms with van der Waals surface area (Å²) in [4.78, 5) is 0. The van der Waals surface area contributed by atoms with Crippen LogP contribution in [0.3, 0.4) is 0 Å². The van der Waals surface area contributed by atoms with Crippen molar-refractivity contribution in [3.8, 4) is 0 Å². The van der Waals surface area contributed by atoms with Crippen LogP contribution in [0.15, 0.2) is 0 Å². The molecule has 0 aliphatic heterocycles. The van der Waals surface area contributed by atoms with Gasteiger partial charge in [0.1, 0.15) is 0 Å². The summed E-state index contributed by atoms with van der Waals surface area (Å²) < 4.78 is 5.08. The average molecular weight is 231 g/mol. The summed E-state index contributed by atoms with van der Waals surface area (Å²) in [5.41, 5.74) is -2.10. The van der Waals surface area contributed by atoms with Crippen molar-refractivity contribution in [2.45, 2.75) is 25.0 Å². The maximum absolute atomic E-state index is 9.42. The number of rotatable bonds is 6. The highest BCUT2D eigenvalue weighted by molar-refractivity contribution is 6.18. The summed E-state index contributed by atoms with van der Waals surface area (Å²) in [6, 6.07) is 0. The Labute approximate surface area is 88.6 Å². The molecule has 0 radical (unpaired) electrons. The number of ether oxygens (including phenoxy) is 1. The monoisotopic (exact) mass is 230 g/mol. The van der Waals surface area contributed by atoms with Gasteiger partial charge in [-0.15, -0.1) is 23.2 Å². The van der Waals surface area contributed by atoms with Gasteiger partial charge in [0.25, 0.3) is 0 Å². The minimum absolute atomic E-state index is 0.0868. The number of halogens is 2. The summed E-state index contributed by atoms with van der Waals surface area (Å²) in [6.45, 7) is 3.30. The van der Waals surface area contributed by atoms with E-state index in [-0.39, 0.29) is 25.0 Å². The van der Waals surface area contributed by atoms with E-state index < -0.39 is 11.2 Å². The van der Waals surface area contributed by atoms with Crippen molar-refractivity contribution in [2.75, 3.05) is 25.0 Å². The van der Waals surface area contributed by atoms with Crippen LogP contribution in [-0.4, -0.2) is 46.4 Å². The van der Waals surface area contributed by atoms with Gasteiger partial charge in [0.15, 0.2) is 0 Å². The van der Waals surface area contributed by atoms with Crippen LogP contribution in [0.1, 0.15) is 13.8 Å². The fourth-order valence-electron chi connectivity index (χ4n) is 0.568. The zero-order valence-electron chi connectivity index (χ0n) is 7.89. The van der Waals surface area contributed by atoms with Gasteiger partial charge >= 0.3 is 0 Å². The first-order chi connectivity index (χ1) is 5.83. The van der Waals surface area contributed by atoms with Crippen molar-refractivity contribution in [1.29, 1.82) is 0 Å². The molecule has 2 atom stereocenters. The molecular weight excluding hydrogens is 215 g/mol. The molecule has 0 aromatic heterocycles. The van der Waals surface area contributed by atoms with E-state index in [1.165, 1.54) is 0 Å². The van der Waals surface area contributed by atoms with Crippen LogP contribution < -0.4 is 0 Å². The molecule has 0 aromatic carbocycles. The molecule has 0 aliphatic carbocycles. The molecule has 13 heavy (non-hydrogen) atoms. The second-order valence-corrected chi connectivity index (χ2v) is 4.29. The van der Waals surface area contributed by atoms with Crippen molar-refractivity contribution >= 4 is 23.2 Å². The third-order valence-corrected chi connectivity index (χ3v) is 2.55. The molecule has 0 fully saturated rings. The Kier molecular flexibility index (Phi) is 5.56. The Morgan fingerprint density at radius 3 is 1.54 bits per heavy atom. The quantitative estimate of drug-likeness (QED) is 0.670. The molecule has 2 N–H and O–H groups in total. The molecule has 0 bridgehead atoms. The molecule has 0 rings (SSSR count). The van der Waals surface area contributed by atoms with Crippen molar-refractivity contribution in [3.63, 3.8) is 0 Å². The van der Waals surface area contributed by atoms with Gasteiger partial charge in [-0.25, -0.2) is 0 Å². The highest BCUT2D eigenvalue weighted by Crippen LogP contribution is 2.10. The molecule has 3 nitrogen and oxygen atoms in total. The molecular formula is C8H16Cl2O3. The zero-order chi connectivity index (χ0) is 10.5. The van der Waals surface area contributed by atoms with Crippen LogP contribution in [0, 0.1) is 0 Å². The Morgan fingerprint density at radius 1 is 1.00 bits per heavy atom. The summed E-state index contributed by atoms with van der Waals surface area (Å²) in [6.07, 6.45) is 0. The van der Waals surface area contributed by atoms with E-state index in [1.54, 1.807) is 13.8 Å². The van der Waals surface area contributed by atoms with E-state index in [4.69, 9.17) is 27.9 Å². The maximum Gasteiger partial charge on any atom is 0.0986 e. The van der Waals surface area contributed by atoms with Gasteiger partial charge in [0.05, 0.1) is 36.2 Å². The third kappa shape index (κ3) is 6.52. The lowest BCUT2D eigenvalue weighted by molar-refractivity contribution is -0.0687. The number of hydrogen-bond acceptors (Lipinski definition) is 3. The van der Waals surface area contributed by atoms with Crippen LogP contribution in [0.2, 0.25) is 0 Å². The molecule has 0 aliphatic rings. The Balaban J connectivity index is 3.68. The minimum atomic E-state index is -1.05. The zero-order valence-corrected chi connectivity index (χ0v) is 9.40. The molecule has 80 valence electrons. The number of aliphatic hydroxyl groups is 2. The second-order valence-electron chi connectivity index (χ2n) is 3.75. The summed E-state index contributed by atoms with van der Waals surface area (Å²) in [5, 5.41) is 18.8. The van der Waals surface area contributed by atoms with Crippen LogP contribution in [0.5, 0.6) is 0 Å². The van der Waals surface area contributed by atoms with E-state index in [0.29, 0.717) is 0 Å². The topological polar surface area (TPSA) is 49.7 Å². The lowest BCUT2D eigenvalue weighted by Crippen LogP contribution is -2.38. The van der Waals surface area contributed by atoms with Gasteiger partial charge < -0.3 is 14.9 Å². The minimum Gasteiger partial charge on any atom is -0.387 e. The largest absolute Gasteiger partial charge is 0.387 e. The highest BCUT2D eigenvalue weighted by atomic mass is 35.5. The number of hydrogen-bond donors (Lipinski definition) is 2.